The first kappa shape index (κ1) is 29.0. The van der Waals surface area contributed by atoms with E-state index in [1.54, 1.807) is 16.9 Å². The minimum absolute atomic E-state index is 0.111. The van der Waals surface area contributed by atoms with Crippen LogP contribution in [0.25, 0.3) is 5.52 Å². The monoisotopic (exact) mass is 568 g/mol. The molecule has 0 saturated carbocycles. The van der Waals surface area contributed by atoms with Crippen molar-refractivity contribution in [2.45, 2.75) is 31.7 Å². The lowest BCUT2D eigenvalue weighted by atomic mass is 9.84. The summed E-state index contributed by atoms with van der Waals surface area (Å²) in [5, 5.41) is 15.9. The molecule has 41 heavy (non-hydrogen) atoms. The van der Waals surface area contributed by atoms with Crippen LogP contribution in [-0.4, -0.2) is 33.3 Å². The van der Waals surface area contributed by atoms with Gasteiger partial charge in [0.15, 0.2) is 0 Å². The van der Waals surface area contributed by atoms with Crippen LogP contribution in [0, 0.1) is 46.8 Å². The topological polar surface area (TPSA) is 103 Å². The van der Waals surface area contributed by atoms with Crippen molar-refractivity contribution < 1.29 is 18.7 Å². The van der Waals surface area contributed by atoms with E-state index in [9.17, 15) is 23.5 Å². The molecule has 0 spiro atoms. The highest BCUT2D eigenvalue weighted by molar-refractivity contribution is 6.83. The number of aromatic nitrogens is 3. The van der Waals surface area contributed by atoms with Crippen molar-refractivity contribution in [3.8, 4) is 35.1 Å². The van der Waals surface area contributed by atoms with E-state index in [-0.39, 0.29) is 22.3 Å². The maximum absolute atomic E-state index is 14.1. The van der Waals surface area contributed by atoms with Crippen molar-refractivity contribution in [1.29, 1.82) is 0 Å². The second kappa shape index (κ2) is 11.3. The molecule has 1 unspecified atom stereocenters. The Bertz CT molecular complexity index is 1920. The lowest BCUT2D eigenvalue weighted by Crippen LogP contribution is -2.36. The quantitative estimate of drug-likeness (QED) is 0.291. The molecule has 4 aromatic rings. The number of amides is 1. The third-order valence-electron chi connectivity index (χ3n) is 6.11. The number of aryl methyl sites for hydroxylation is 1. The third-order valence-corrected chi connectivity index (χ3v) is 6.99. The number of aliphatic hydroxyl groups is 1. The lowest BCUT2D eigenvalue weighted by Gasteiger charge is -2.27. The molecule has 0 aliphatic rings. The summed E-state index contributed by atoms with van der Waals surface area (Å²) in [7, 11) is -0.230. The number of benzene rings is 1. The number of rotatable bonds is 4. The van der Waals surface area contributed by atoms with Gasteiger partial charge in [-0.25, -0.2) is 13.3 Å². The van der Waals surface area contributed by atoms with Crippen molar-refractivity contribution in [3.63, 3.8) is 0 Å². The highest BCUT2D eigenvalue weighted by Gasteiger charge is 2.34. The first-order valence-electron chi connectivity index (χ1n) is 12.5. The predicted octanol–water partition coefficient (Wildman–Crippen LogP) is 3.32. The summed E-state index contributed by atoms with van der Waals surface area (Å²) >= 11 is 0. The predicted molar refractivity (Wildman–Crippen MR) is 154 cm³/mol. The number of hydrogen-bond donors (Lipinski definition) is 2. The van der Waals surface area contributed by atoms with Gasteiger partial charge in [-0.15, -0.1) is 5.54 Å². The zero-order valence-corrected chi connectivity index (χ0v) is 23.8. The van der Waals surface area contributed by atoms with Crippen molar-refractivity contribution in [1.82, 2.24) is 14.2 Å². The summed E-state index contributed by atoms with van der Waals surface area (Å²) in [6.07, 6.45) is 4.26. The third kappa shape index (κ3) is 6.28. The molecular formula is C31H26F2N4O3Si. The maximum atomic E-state index is 14.1. The average Bonchev–Trinajstić information content (AvgIpc) is 3.31. The highest BCUT2D eigenvalue weighted by Crippen LogP contribution is 2.32. The van der Waals surface area contributed by atoms with Gasteiger partial charge in [-0.1, -0.05) is 31.5 Å². The van der Waals surface area contributed by atoms with Gasteiger partial charge in [0.1, 0.15) is 25.3 Å². The van der Waals surface area contributed by atoms with Crippen molar-refractivity contribution >= 4 is 19.5 Å². The van der Waals surface area contributed by atoms with Gasteiger partial charge in [0, 0.05) is 31.9 Å². The highest BCUT2D eigenvalue weighted by atomic mass is 28.3. The van der Waals surface area contributed by atoms with Gasteiger partial charge < -0.3 is 15.4 Å². The summed E-state index contributed by atoms with van der Waals surface area (Å²) in [6.45, 7) is 6.30. The van der Waals surface area contributed by atoms with E-state index >= 15 is 0 Å². The van der Waals surface area contributed by atoms with E-state index in [2.05, 4.69) is 59.9 Å². The number of halogens is 2. The van der Waals surface area contributed by atoms with Crippen molar-refractivity contribution in [2.75, 3.05) is 0 Å². The Kier molecular flexibility index (Phi) is 7.98. The normalized spacial score (nSPS) is 12.3. The van der Waals surface area contributed by atoms with Gasteiger partial charge in [0.25, 0.3) is 5.56 Å². The number of pyridine rings is 2. The molecule has 0 fully saturated rings. The summed E-state index contributed by atoms with van der Waals surface area (Å²) in [5.41, 5.74) is 7.41. The molecule has 1 atom stereocenters. The van der Waals surface area contributed by atoms with Gasteiger partial charge in [-0.05, 0) is 53.7 Å². The molecular weight excluding hydrogens is 542 g/mol. The molecule has 10 heteroatoms. The largest absolute Gasteiger partial charge is 0.379 e. The minimum Gasteiger partial charge on any atom is -0.379 e. The number of carbonyl (C=O) groups excluding carboxylic acids is 1. The fourth-order valence-electron chi connectivity index (χ4n) is 4.13. The van der Waals surface area contributed by atoms with E-state index in [0.717, 1.165) is 12.1 Å². The molecule has 0 saturated heterocycles. The van der Waals surface area contributed by atoms with E-state index < -0.39 is 43.2 Å². The van der Waals surface area contributed by atoms with Gasteiger partial charge in [-0.3, -0.25) is 9.59 Å². The number of carbonyl (C=O) groups is 1. The second-order valence-corrected chi connectivity index (χ2v) is 15.2. The maximum Gasteiger partial charge on any atom is 0.256 e. The zero-order valence-electron chi connectivity index (χ0n) is 22.8. The Morgan fingerprint density at radius 2 is 1.80 bits per heavy atom. The standard InChI is InChI=1S/C31H26F2N4O3Si/c1-36-14-8-10-27(30(36)39)31(40,22-17-23(32)19-24(33)18-22)13-7-5-6-9-25-26(29(34)38)11-15-37-28(25)21(20-35-37)12-16-41(2,3)4/h8,10-11,14-15,17-20,40H,13H2,1-4H3,(H2,34,38). The van der Waals surface area contributed by atoms with Crippen molar-refractivity contribution in [2.24, 2.45) is 12.8 Å². The minimum atomic E-state index is -2.14. The average molecular weight is 569 g/mol. The van der Waals surface area contributed by atoms with Crippen LogP contribution in [0.5, 0.6) is 0 Å². The molecule has 1 aromatic carbocycles. The van der Waals surface area contributed by atoms with E-state index in [1.165, 1.54) is 36.0 Å². The van der Waals surface area contributed by atoms with Crippen molar-refractivity contribution in [3.05, 3.63) is 105 Å². The second-order valence-electron chi connectivity index (χ2n) is 10.4. The van der Waals surface area contributed by atoms with Gasteiger partial charge >= 0.3 is 0 Å². The molecule has 0 radical (unpaired) electrons. The Hall–Kier alpha value is -4.95. The molecule has 4 rings (SSSR count). The van der Waals surface area contributed by atoms with Crippen LogP contribution in [-0.2, 0) is 12.6 Å². The summed E-state index contributed by atoms with van der Waals surface area (Å²) in [6, 6.07) is 6.97. The first-order valence-corrected chi connectivity index (χ1v) is 16.0. The van der Waals surface area contributed by atoms with Crippen LogP contribution in [0.15, 0.2) is 59.8 Å². The van der Waals surface area contributed by atoms with Gasteiger partial charge in [0.05, 0.1) is 34.0 Å². The van der Waals surface area contributed by atoms with Gasteiger partial charge in [0.2, 0.25) is 5.91 Å². The molecule has 0 aliphatic carbocycles. The molecule has 3 heterocycles. The summed E-state index contributed by atoms with van der Waals surface area (Å²) in [5.74, 6) is 11.4. The van der Waals surface area contributed by atoms with Crippen LogP contribution in [0.4, 0.5) is 8.78 Å². The Morgan fingerprint density at radius 1 is 1.10 bits per heavy atom. The lowest BCUT2D eigenvalue weighted by molar-refractivity contribution is 0.0837. The SMILES string of the molecule is Cn1cccc(C(O)(CC#CC#Cc2c(C(N)=O)ccn3ncc(C#C[Si](C)(C)C)c23)c2cc(F)cc(F)c2)c1=O. The Balaban J connectivity index is 1.81. The molecule has 3 N–H and O–H groups in total. The number of hydrogen-bond acceptors (Lipinski definition) is 4. The number of primary amides is 1. The molecule has 0 aliphatic heterocycles. The van der Waals surface area contributed by atoms with Gasteiger partial charge in [-0.2, -0.15) is 5.10 Å². The Morgan fingerprint density at radius 3 is 2.46 bits per heavy atom. The van der Waals surface area contributed by atoms with E-state index in [0.29, 0.717) is 17.1 Å². The van der Waals surface area contributed by atoms with Crippen LogP contribution < -0.4 is 11.3 Å². The molecule has 0 bridgehead atoms. The van der Waals surface area contributed by atoms with E-state index in [1.807, 2.05) is 0 Å². The van der Waals surface area contributed by atoms with Crippen LogP contribution in [0.1, 0.15) is 39.0 Å². The zero-order chi connectivity index (χ0) is 29.9. The number of nitrogens with zero attached hydrogens (tertiary/aromatic N) is 3. The van der Waals surface area contributed by atoms with Crippen LogP contribution >= 0.6 is 0 Å². The molecule has 206 valence electrons. The van der Waals surface area contributed by atoms with Crippen LogP contribution in [0.3, 0.4) is 0 Å². The number of fused-ring (bicyclic) bond motifs is 1. The smallest absolute Gasteiger partial charge is 0.256 e. The summed E-state index contributed by atoms with van der Waals surface area (Å²) < 4.78 is 31.0. The molecule has 7 nitrogen and oxygen atoms in total. The first-order chi connectivity index (χ1) is 19.3. The van der Waals surface area contributed by atoms with E-state index in [4.69, 9.17) is 5.73 Å². The number of nitrogens with two attached hydrogens (primary N) is 1. The Labute approximate surface area is 236 Å². The molecule has 3 aromatic heterocycles. The fourth-order valence-corrected chi connectivity index (χ4v) is 4.64. The fraction of sp³-hybridized carbons (Fsp3) is 0.194. The van der Waals surface area contributed by atoms with Crippen LogP contribution in [0.2, 0.25) is 19.6 Å². The molecule has 1 amide bonds. The summed E-state index contributed by atoms with van der Waals surface area (Å²) in [4.78, 5) is 25.1.